The predicted octanol–water partition coefficient (Wildman–Crippen LogP) is 7.51. The molecule has 0 spiro atoms. The van der Waals surface area contributed by atoms with E-state index >= 15 is 0 Å². The van der Waals surface area contributed by atoms with Gasteiger partial charge in [0.05, 0.1) is 27.5 Å². The maximum absolute atomic E-state index is 13.6. The number of hydrogen-bond donors (Lipinski definition) is 1. The molecule has 2 aromatic heterocycles. The zero-order valence-corrected chi connectivity index (χ0v) is 23.1. The smallest absolute Gasteiger partial charge is 0.267 e. The van der Waals surface area contributed by atoms with Gasteiger partial charge in [-0.1, -0.05) is 64.2 Å². The van der Waals surface area contributed by atoms with Gasteiger partial charge in [-0.2, -0.15) is 0 Å². The Balaban J connectivity index is 1.71. The zero-order chi connectivity index (χ0) is 24.4. The first-order chi connectivity index (χ1) is 16.3. The number of fused-ring (bicyclic) bond motifs is 1. The highest BCUT2D eigenvalue weighted by Crippen LogP contribution is 2.31. The number of halogens is 3. The number of aromatic nitrogens is 2. The molecule has 0 saturated carbocycles. The van der Waals surface area contributed by atoms with Gasteiger partial charge in [-0.3, -0.25) is 14.2 Å². The topological polar surface area (TPSA) is 64.0 Å². The lowest BCUT2D eigenvalue weighted by Gasteiger charge is -2.13. The van der Waals surface area contributed by atoms with E-state index in [0.29, 0.717) is 36.8 Å². The number of aryl methyl sites for hydroxylation is 2. The Bertz CT molecular complexity index is 1440. The first-order valence-corrected chi connectivity index (χ1v) is 13.8. The van der Waals surface area contributed by atoms with Crippen molar-refractivity contribution in [3.63, 3.8) is 0 Å². The number of benzene rings is 2. The minimum absolute atomic E-state index is 0.0596. The Morgan fingerprint density at radius 2 is 1.94 bits per heavy atom. The highest BCUT2D eigenvalue weighted by atomic mass is 79.9. The molecule has 0 saturated heterocycles. The van der Waals surface area contributed by atoms with Crippen molar-refractivity contribution in [3.05, 3.63) is 77.8 Å². The molecule has 34 heavy (non-hydrogen) atoms. The first kappa shape index (κ1) is 25.3. The number of nitrogens with one attached hydrogen (secondary N) is 1. The molecular formula is C24H20BrCl2N3O2S2. The Morgan fingerprint density at radius 3 is 2.62 bits per heavy atom. The molecule has 0 unspecified atom stereocenters. The summed E-state index contributed by atoms with van der Waals surface area (Å²) in [6.07, 6.45) is 1.88. The number of carbonyl (C=O) groups excluding carboxylic acids is 1. The molecule has 0 bridgehead atoms. The third-order valence-corrected chi connectivity index (χ3v) is 8.37. The van der Waals surface area contributed by atoms with E-state index in [4.69, 9.17) is 28.2 Å². The van der Waals surface area contributed by atoms with E-state index < -0.39 is 0 Å². The summed E-state index contributed by atoms with van der Waals surface area (Å²) in [7, 11) is 0. The highest BCUT2D eigenvalue weighted by molar-refractivity contribution is 9.10. The van der Waals surface area contributed by atoms with E-state index in [1.165, 1.54) is 11.8 Å². The van der Waals surface area contributed by atoms with E-state index in [1.54, 1.807) is 58.4 Å². The number of carbonyl (C=O) groups is 1. The third-order valence-electron chi connectivity index (χ3n) is 5.13. The number of nitrogens with zero attached hydrogens (tertiary/aromatic N) is 2. The van der Waals surface area contributed by atoms with Gasteiger partial charge in [0.2, 0.25) is 5.91 Å². The zero-order valence-electron chi connectivity index (χ0n) is 18.3. The Kier molecular flexibility index (Phi) is 8.05. The van der Waals surface area contributed by atoms with Gasteiger partial charge in [-0.15, -0.1) is 11.3 Å². The molecule has 1 amide bonds. The number of thiophene rings is 1. The number of rotatable bonds is 7. The molecule has 2 aromatic carbocycles. The molecule has 0 aliphatic heterocycles. The molecule has 2 heterocycles. The van der Waals surface area contributed by atoms with Crippen molar-refractivity contribution in [2.75, 3.05) is 11.1 Å². The summed E-state index contributed by atoms with van der Waals surface area (Å²) < 4.78 is 2.38. The van der Waals surface area contributed by atoms with Gasteiger partial charge >= 0.3 is 0 Å². The third kappa shape index (κ3) is 5.36. The summed E-state index contributed by atoms with van der Waals surface area (Å²) in [4.78, 5) is 33.0. The lowest BCUT2D eigenvalue weighted by atomic mass is 10.1. The molecule has 0 fully saturated rings. The van der Waals surface area contributed by atoms with E-state index in [9.17, 15) is 9.59 Å². The lowest BCUT2D eigenvalue weighted by Crippen LogP contribution is -2.23. The van der Waals surface area contributed by atoms with Crippen LogP contribution in [0.1, 0.15) is 23.8 Å². The van der Waals surface area contributed by atoms with Crippen molar-refractivity contribution in [1.82, 2.24) is 9.55 Å². The maximum atomic E-state index is 13.6. The Hall–Kier alpha value is -1.84. The van der Waals surface area contributed by atoms with Crippen LogP contribution in [0.15, 0.2) is 56.9 Å². The fraction of sp³-hybridized carbons (Fsp3) is 0.208. The summed E-state index contributed by atoms with van der Waals surface area (Å²) >= 11 is 18.4. The molecular weight excluding hydrogens is 577 g/mol. The summed E-state index contributed by atoms with van der Waals surface area (Å²) in [5.41, 5.74) is 1.99. The second-order valence-corrected chi connectivity index (χ2v) is 11.3. The number of hydrogen-bond acceptors (Lipinski definition) is 5. The fourth-order valence-electron chi connectivity index (χ4n) is 3.50. The fourth-order valence-corrected chi connectivity index (χ4v) is 6.48. The summed E-state index contributed by atoms with van der Waals surface area (Å²) in [5, 5.41) is 4.89. The minimum atomic E-state index is -0.250. The Morgan fingerprint density at radius 1 is 1.21 bits per heavy atom. The van der Waals surface area contributed by atoms with Gasteiger partial charge in [0.25, 0.3) is 5.56 Å². The molecule has 0 radical (unpaired) electrons. The van der Waals surface area contributed by atoms with Crippen molar-refractivity contribution in [1.29, 1.82) is 0 Å². The van der Waals surface area contributed by atoms with Crippen molar-refractivity contribution in [2.24, 2.45) is 0 Å². The van der Waals surface area contributed by atoms with Crippen molar-refractivity contribution in [3.8, 4) is 5.69 Å². The largest absolute Gasteiger partial charge is 0.324 e. The molecule has 0 atom stereocenters. The summed E-state index contributed by atoms with van der Waals surface area (Å²) in [6.45, 7) is 4.09. The van der Waals surface area contributed by atoms with Crippen LogP contribution < -0.4 is 10.9 Å². The second-order valence-electron chi connectivity index (χ2n) is 7.55. The van der Waals surface area contributed by atoms with Crippen LogP contribution in [0.4, 0.5) is 5.69 Å². The van der Waals surface area contributed by atoms with Gasteiger partial charge in [0, 0.05) is 14.4 Å². The van der Waals surface area contributed by atoms with Gasteiger partial charge in [0.15, 0.2) is 5.16 Å². The molecule has 176 valence electrons. The lowest BCUT2D eigenvalue weighted by molar-refractivity contribution is -0.113. The van der Waals surface area contributed by atoms with Gasteiger partial charge in [-0.25, -0.2) is 4.98 Å². The van der Waals surface area contributed by atoms with E-state index in [0.717, 1.165) is 27.8 Å². The summed E-state index contributed by atoms with van der Waals surface area (Å²) in [6, 6.07) is 12.3. The van der Waals surface area contributed by atoms with Crippen LogP contribution in [0, 0.1) is 6.92 Å². The molecule has 0 aliphatic rings. The van der Waals surface area contributed by atoms with E-state index in [-0.39, 0.29) is 17.2 Å². The van der Waals surface area contributed by atoms with Gasteiger partial charge in [0.1, 0.15) is 4.83 Å². The van der Waals surface area contributed by atoms with Crippen LogP contribution in [0.2, 0.25) is 10.0 Å². The summed E-state index contributed by atoms with van der Waals surface area (Å²) in [5.74, 6) is -0.190. The molecule has 10 heteroatoms. The normalized spacial score (nSPS) is 11.2. The number of thioether (sulfide) groups is 1. The highest BCUT2D eigenvalue weighted by Gasteiger charge is 2.20. The van der Waals surface area contributed by atoms with Crippen LogP contribution in [0.5, 0.6) is 0 Å². The second kappa shape index (κ2) is 10.8. The van der Waals surface area contributed by atoms with E-state index in [1.807, 2.05) is 6.92 Å². The van der Waals surface area contributed by atoms with Crippen molar-refractivity contribution in [2.45, 2.75) is 31.8 Å². The van der Waals surface area contributed by atoms with Gasteiger partial charge in [-0.05, 0) is 61.4 Å². The molecule has 4 aromatic rings. The maximum Gasteiger partial charge on any atom is 0.267 e. The Labute approximate surface area is 223 Å². The van der Waals surface area contributed by atoms with Crippen LogP contribution in [-0.4, -0.2) is 21.2 Å². The molecule has 5 nitrogen and oxygen atoms in total. The van der Waals surface area contributed by atoms with Crippen molar-refractivity contribution < 1.29 is 4.79 Å². The average Bonchev–Trinajstić information content (AvgIpc) is 3.11. The number of anilines is 1. The van der Waals surface area contributed by atoms with Crippen molar-refractivity contribution >= 4 is 84.0 Å². The van der Waals surface area contributed by atoms with Crippen LogP contribution >= 0.6 is 62.2 Å². The monoisotopic (exact) mass is 595 g/mol. The molecule has 0 aliphatic carbocycles. The van der Waals surface area contributed by atoms with E-state index in [2.05, 4.69) is 28.2 Å². The molecule has 1 N–H and O–H groups in total. The standard InChI is InChI=1S/C24H20BrCl2N3O2S2/c1-3-4-19-13(2)21-22(34-19)29-24(30(23(21)32)16-8-6-15(26)7-9-16)33-12-20(31)28-18-10-5-14(25)11-17(18)27/h5-11H,3-4,12H2,1-2H3,(H,28,31). The first-order valence-electron chi connectivity index (χ1n) is 10.5. The average molecular weight is 597 g/mol. The SMILES string of the molecule is CCCc1sc2nc(SCC(=O)Nc3ccc(Br)cc3Cl)n(-c3ccc(Cl)cc3)c(=O)c2c1C. The number of amides is 1. The van der Waals surface area contributed by atoms with Crippen LogP contribution in [0.25, 0.3) is 15.9 Å². The predicted molar refractivity (Wildman–Crippen MR) is 147 cm³/mol. The van der Waals surface area contributed by atoms with Crippen LogP contribution in [0.3, 0.4) is 0 Å². The molecule has 4 rings (SSSR count). The van der Waals surface area contributed by atoms with Gasteiger partial charge < -0.3 is 5.32 Å². The van der Waals surface area contributed by atoms with Crippen LogP contribution in [-0.2, 0) is 11.2 Å². The quantitative estimate of drug-likeness (QED) is 0.177. The minimum Gasteiger partial charge on any atom is -0.324 e.